The number of rotatable bonds is 4. The molecule has 3 heterocycles. The van der Waals surface area contributed by atoms with Crippen molar-refractivity contribution in [3.63, 3.8) is 0 Å². The Morgan fingerprint density at radius 1 is 1.45 bits per heavy atom. The lowest BCUT2D eigenvalue weighted by Crippen LogP contribution is -2.12. The minimum absolute atomic E-state index is 0.239. The number of carbonyl (C=O) groups is 1. The van der Waals surface area contributed by atoms with E-state index in [4.69, 9.17) is 0 Å². The monoisotopic (exact) mass is 304 g/mol. The molecule has 0 atom stereocenters. The fraction of sp³-hybridized carbons (Fsp3) is 0.154. The Labute approximate surface area is 123 Å². The van der Waals surface area contributed by atoms with E-state index in [-0.39, 0.29) is 5.91 Å². The minimum atomic E-state index is -0.239. The summed E-state index contributed by atoms with van der Waals surface area (Å²) >= 11 is 3.07. The van der Waals surface area contributed by atoms with Gasteiger partial charge in [-0.05, 0) is 17.9 Å². The number of thiophene rings is 1. The van der Waals surface area contributed by atoms with Gasteiger partial charge in [-0.15, -0.1) is 11.3 Å². The third-order valence-electron chi connectivity index (χ3n) is 2.76. The smallest absolute Gasteiger partial charge is 0.276 e. The second-order valence-corrected chi connectivity index (χ2v) is 5.77. The van der Waals surface area contributed by atoms with Crippen LogP contribution in [0, 0.1) is 0 Å². The summed E-state index contributed by atoms with van der Waals surface area (Å²) in [4.78, 5) is 16.4. The molecule has 0 bridgehead atoms. The van der Waals surface area contributed by atoms with Gasteiger partial charge in [0.25, 0.3) is 5.91 Å². The first-order chi connectivity index (χ1) is 9.76. The predicted molar refractivity (Wildman–Crippen MR) is 81.3 cm³/mol. The fourth-order valence-corrected chi connectivity index (χ4v) is 3.20. The van der Waals surface area contributed by atoms with Crippen LogP contribution in [0.1, 0.15) is 23.1 Å². The van der Waals surface area contributed by atoms with E-state index in [1.54, 1.807) is 16.7 Å². The van der Waals surface area contributed by atoms with Crippen LogP contribution in [0.15, 0.2) is 28.3 Å². The molecule has 0 aliphatic rings. The molecule has 20 heavy (non-hydrogen) atoms. The van der Waals surface area contributed by atoms with Crippen LogP contribution >= 0.6 is 22.7 Å². The molecule has 0 aliphatic heterocycles. The summed E-state index contributed by atoms with van der Waals surface area (Å²) in [5.41, 5.74) is 2.45. The Morgan fingerprint density at radius 2 is 2.35 bits per heavy atom. The first-order valence-electron chi connectivity index (χ1n) is 6.10. The molecule has 0 spiro atoms. The van der Waals surface area contributed by atoms with Gasteiger partial charge in [0, 0.05) is 28.1 Å². The maximum Gasteiger partial charge on any atom is 0.276 e. The molecule has 0 fully saturated rings. The quantitative estimate of drug-likeness (QED) is 0.776. The van der Waals surface area contributed by atoms with E-state index < -0.39 is 0 Å². The maximum atomic E-state index is 12.1. The number of nitrogens with one attached hydrogen (secondary N) is 2. The maximum absolute atomic E-state index is 12.1. The van der Waals surface area contributed by atoms with Gasteiger partial charge in [0.05, 0.1) is 0 Å². The van der Waals surface area contributed by atoms with Gasteiger partial charge in [-0.2, -0.15) is 16.4 Å². The van der Waals surface area contributed by atoms with Gasteiger partial charge in [-0.25, -0.2) is 4.98 Å². The summed E-state index contributed by atoms with van der Waals surface area (Å²) in [6.07, 6.45) is 0.849. The topological polar surface area (TPSA) is 70.7 Å². The molecule has 5 nitrogen and oxygen atoms in total. The van der Waals surface area contributed by atoms with Gasteiger partial charge in [0.15, 0.2) is 5.82 Å². The Bertz CT molecular complexity index is 714. The van der Waals surface area contributed by atoms with Crippen molar-refractivity contribution in [2.75, 3.05) is 5.32 Å². The summed E-state index contributed by atoms with van der Waals surface area (Å²) in [5.74, 6) is 0.286. The van der Waals surface area contributed by atoms with E-state index in [9.17, 15) is 4.79 Å². The molecule has 0 saturated heterocycles. The molecule has 3 rings (SSSR count). The molecular formula is C13H12N4OS2. The lowest BCUT2D eigenvalue weighted by Gasteiger charge is -1.97. The molecular weight excluding hydrogens is 292 g/mol. The molecule has 0 unspecified atom stereocenters. The summed E-state index contributed by atoms with van der Waals surface area (Å²) in [7, 11) is 0. The van der Waals surface area contributed by atoms with E-state index in [1.165, 1.54) is 11.3 Å². The zero-order valence-corrected chi connectivity index (χ0v) is 12.3. The highest BCUT2D eigenvalue weighted by Gasteiger charge is 2.13. The molecule has 3 aromatic rings. The highest BCUT2D eigenvalue weighted by Crippen LogP contribution is 2.25. The third-order valence-corrected chi connectivity index (χ3v) is 4.33. The van der Waals surface area contributed by atoms with Crippen molar-refractivity contribution in [1.82, 2.24) is 15.2 Å². The average molecular weight is 304 g/mol. The first kappa shape index (κ1) is 13.0. The van der Waals surface area contributed by atoms with Gasteiger partial charge in [0.2, 0.25) is 0 Å². The molecule has 0 aliphatic carbocycles. The average Bonchev–Trinajstić information content (AvgIpc) is 3.19. The molecule has 0 saturated carbocycles. The van der Waals surface area contributed by atoms with Gasteiger partial charge in [-0.1, -0.05) is 6.92 Å². The van der Waals surface area contributed by atoms with E-state index in [0.29, 0.717) is 11.5 Å². The number of hydrogen-bond donors (Lipinski definition) is 2. The number of amides is 1. The van der Waals surface area contributed by atoms with E-state index in [0.717, 1.165) is 22.7 Å². The zero-order chi connectivity index (χ0) is 13.9. The Kier molecular flexibility index (Phi) is 3.62. The number of aromatic amines is 1. The van der Waals surface area contributed by atoms with Gasteiger partial charge >= 0.3 is 0 Å². The van der Waals surface area contributed by atoms with E-state index in [2.05, 4.69) is 20.5 Å². The normalized spacial score (nSPS) is 10.7. The molecule has 7 heteroatoms. The molecule has 3 aromatic heterocycles. The van der Waals surface area contributed by atoms with Crippen molar-refractivity contribution in [2.24, 2.45) is 0 Å². The summed E-state index contributed by atoms with van der Waals surface area (Å²) in [6.45, 7) is 2.02. The fourth-order valence-electron chi connectivity index (χ4n) is 1.68. The lowest BCUT2D eigenvalue weighted by molar-refractivity contribution is 0.102. The van der Waals surface area contributed by atoms with Crippen LogP contribution in [0.5, 0.6) is 0 Å². The standard InChI is InChI=1S/C13H12N4OS2/c1-2-9-5-11(17-16-9)15-12(18)10-7-20-13(14-10)8-3-4-19-6-8/h3-7H,2H2,1H3,(H2,15,16,17,18). The van der Waals surface area contributed by atoms with E-state index in [1.807, 2.05) is 29.8 Å². The Morgan fingerprint density at radius 3 is 3.05 bits per heavy atom. The van der Waals surface area contributed by atoms with Crippen molar-refractivity contribution in [1.29, 1.82) is 0 Å². The van der Waals surface area contributed by atoms with Crippen LogP contribution in [0.25, 0.3) is 10.6 Å². The van der Waals surface area contributed by atoms with Crippen molar-refractivity contribution in [3.05, 3.63) is 39.7 Å². The third kappa shape index (κ3) is 2.63. The predicted octanol–water partition coefficient (Wildman–Crippen LogP) is 3.41. The molecule has 0 radical (unpaired) electrons. The van der Waals surface area contributed by atoms with E-state index >= 15 is 0 Å². The molecule has 2 N–H and O–H groups in total. The van der Waals surface area contributed by atoms with Crippen molar-refractivity contribution >= 4 is 34.4 Å². The number of H-pyrrole nitrogens is 1. The van der Waals surface area contributed by atoms with Crippen molar-refractivity contribution in [3.8, 4) is 10.6 Å². The molecule has 1 amide bonds. The number of aryl methyl sites for hydroxylation is 1. The second-order valence-electron chi connectivity index (χ2n) is 4.14. The Hall–Kier alpha value is -1.99. The van der Waals surface area contributed by atoms with Crippen LogP contribution in [-0.2, 0) is 6.42 Å². The molecule has 0 aromatic carbocycles. The number of hydrogen-bond acceptors (Lipinski definition) is 5. The van der Waals surface area contributed by atoms with Crippen LogP contribution in [0.3, 0.4) is 0 Å². The first-order valence-corrected chi connectivity index (χ1v) is 7.92. The van der Waals surface area contributed by atoms with Crippen LogP contribution in [-0.4, -0.2) is 21.1 Å². The number of anilines is 1. The van der Waals surface area contributed by atoms with Crippen molar-refractivity contribution in [2.45, 2.75) is 13.3 Å². The van der Waals surface area contributed by atoms with Crippen molar-refractivity contribution < 1.29 is 4.79 Å². The zero-order valence-electron chi connectivity index (χ0n) is 10.7. The van der Waals surface area contributed by atoms with Crippen LogP contribution in [0.4, 0.5) is 5.82 Å². The van der Waals surface area contributed by atoms with Gasteiger partial charge < -0.3 is 5.32 Å². The highest BCUT2D eigenvalue weighted by atomic mass is 32.1. The number of nitrogens with zero attached hydrogens (tertiary/aromatic N) is 2. The summed E-state index contributed by atoms with van der Waals surface area (Å²) in [6, 6.07) is 3.82. The Balaban J connectivity index is 1.74. The SMILES string of the molecule is CCc1cc(NC(=O)c2csc(-c3ccsc3)n2)n[nH]1. The van der Waals surface area contributed by atoms with Gasteiger partial charge in [-0.3, -0.25) is 9.89 Å². The summed E-state index contributed by atoms with van der Waals surface area (Å²) < 4.78 is 0. The largest absolute Gasteiger partial charge is 0.304 e. The number of aromatic nitrogens is 3. The molecule has 102 valence electrons. The lowest BCUT2D eigenvalue weighted by atomic mass is 10.3. The second kappa shape index (κ2) is 5.56. The summed E-state index contributed by atoms with van der Waals surface area (Å²) in [5, 5.41) is 16.2. The number of carbonyl (C=O) groups excluding carboxylic acids is 1. The van der Waals surface area contributed by atoms with Gasteiger partial charge in [0.1, 0.15) is 10.7 Å². The minimum Gasteiger partial charge on any atom is -0.304 e. The van der Waals surface area contributed by atoms with Crippen LogP contribution < -0.4 is 5.32 Å². The number of thiazole rings is 1. The highest BCUT2D eigenvalue weighted by molar-refractivity contribution is 7.14. The van der Waals surface area contributed by atoms with Crippen LogP contribution in [0.2, 0.25) is 0 Å².